The van der Waals surface area contributed by atoms with Crippen LogP contribution in [0.15, 0.2) is 0 Å². The highest BCUT2D eigenvalue weighted by Gasteiger charge is 2.39. The molecule has 4 atom stereocenters. The molecule has 0 aliphatic carbocycles. The van der Waals surface area contributed by atoms with Crippen molar-refractivity contribution in [3.8, 4) is 0 Å². The van der Waals surface area contributed by atoms with Crippen LogP contribution >= 0.6 is 0 Å². The van der Waals surface area contributed by atoms with Crippen molar-refractivity contribution in [2.24, 2.45) is 5.73 Å². The van der Waals surface area contributed by atoms with Crippen LogP contribution in [-0.2, 0) is 4.79 Å². The normalized spacial score (nSPS) is 22.9. The molecule has 7 N–H and O–H groups in total. The number of carbonyl (C=O) groups excluding carboxylic acids is 1. The molecule has 78 valence electrons. The minimum Gasteiger partial charge on any atom is -0.394 e. The van der Waals surface area contributed by atoms with E-state index in [0.29, 0.717) is 0 Å². The maximum Gasteiger partial charge on any atom is 0.199 e. The highest BCUT2D eigenvalue weighted by atomic mass is 16.4. The molecule has 0 spiro atoms. The fourth-order valence-corrected chi connectivity index (χ4v) is 0.662. The highest BCUT2D eigenvalue weighted by molar-refractivity contribution is 5.62. The van der Waals surface area contributed by atoms with Crippen molar-refractivity contribution >= 4 is 6.29 Å². The SMILES string of the molecule is N[C@@](O)(C=O)[C@@H](O)[C@H](O)[C@H](O)CO. The molecule has 0 aliphatic rings. The molecule has 0 saturated heterocycles. The van der Waals surface area contributed by atoms with Gasteiger partial charge in [-0.25, -0.2) is 0 Å². The van der Waals surface area contributed by atoms with Crippen LogP contribution in [0.25, 0.3) is 0 Å². The Morgan fingerprint density at radius 1 is 1.38 bits per heavy atom. The van der Waals surface area contributed by atoms with Crippen LogP contribution in [0, 0.1) is 0 Å². The van der Waals surface area contributed by atoms with Gasteiger partial charge in [0.15, 0.2) is 12.0 Å². The minimum atomic E-state index is -2.64. The Hall–Kier alpha value is -0.570. The monoisotopic (exact) mass is 195 g/mol. The van der Waals surface area contributed by atoms with Crippen molar-refractivity contribution in [2.75, 3.05) is 6.61 Å². The van der Waals surface area contributed by atoms with E-state index < -0.39 is 30.6 Å². The average Bonchev–Trinajstić information content (AvgIpc) is 2.14. The second-order valence-electron chi connectivity index (χ2n) is 2.69. The summed E-state index contributed by atoms with van der Waals surface area (Å²) >= 11 is 0. The van der Waals surface area contributed by atoms with Crippen LogP contribution < -0.4 is 5.73 Å². The first kappa shape index (κ1) is 12.4. The molecule has 0 saturated carbocycles. The van der Waals surface area contributed by atoms with Gasteiger partial charge < -0.3 is 25.5 Å². The van der Waals surface area contributed by atoms with Crippen LogP contribution in [0.2, 0.25) is 0 Å². The third-order valence-corrected chi connectivity index (χ3v) is 1.57. The lowest BCUT2D eigenvalue weighted by Crippen LogP contribution is -2.60. The summed E-state index contributed by atoms with van der Waals surface area (Å²) in [4.78, 5) is 10.1. The molecule has 13 heavy (non-hydrogen) atoms. The Balaban J connectivity index is 4.40. The lowest BCUT2D eigenvalue weighted by atomic mass is 10.00. The van der Waals surface area contributed by atoms with Crippen LogP contribution in [-0.4, -0.2) is 62.5 Å². The number of hydrogen-bond donors (Lipinski definition) is 6. The maximum atomic E-state index is 10.1. The van der Waals surface area contributed by atoms with Gasteiger partial charge in [0.1, 0.15) is 18.3 Å². The molecule has 0 heterocycles. The third kappa shape index (κ3) is 2.99. The molecular formula is C6H13NO6. The number of aliphatic hydroxyl groups is 5. The molecule has 0 unspecified atom stereocenters. The predicted octanol–water partition coefficient (Wildman–Crippen LogP) is -4.09. The fraction of sp³-hybridized carbons (Fsp3) is 0.833. The van der Waals surface area contributed by atoms with Crippen LogP contribution in [0.3, 0.4) is 0 Å². The van der Waals surface area contributed by atoms with Gasteiger partial charge in [-0.1, -0.05) is 0 Å². The van der Waals surface area contributed by atoms with E-state index in [0.717, 1.165) is 0 Å². The Morgan fingerprint density at radius 2 is 1.85 bits per heavy atom. The molecule has 0 radical (unpaired) electrons. The van der Waals surface area contributed by atoms with Crippen LogP contribution in [0.1, 0.15) is 0 Å². The molecule has 0 aliphatic heterocycles. The molecule has 0 aromatic heterocycles. The molecule has 7 heteroatoms. The standard InChI is InChI=1S/C6H13NO6/c7-6(13,2-9)5(12)4(11)3(10)1-8/h2-5,8,10-13H,1,7H2/t3-,4-,5+,6-/m1/s1. The number of aldehydes is 1. The van der Waals surface area contributed by atoms with Crippen molar-refractivity contribution in [2.45, 2.75) is 24.0 Å². The van der Waals surface area contributed by atoms with Gasteiger partial charge in [0.05, 0.1) is 6.61 Å². The highest BCUT2D eigenvalue weighted by Crippen LogP contribution is 2.08. The quantitative estimate of drug-likeness (QED) is 0.193. The largest absolute Gasteiger partial charge is 0.394 e. The molecule has 0 fully saturated rings. The second kappa shape index (κ2) is 4.61. The lowest BCUT2D eigenvalue weighted by Gasteiger charge is -2.28. The third-order valence-electron chi connectivity index (χ3n) is 1.57. The van der Waals surface area contributed by atoms with Gasteiger partial charge in [-0.15, -0.1) is 0 Å². The summed E-state index contributed by atoms with van der Waals surface area (Å²) in [5.41, 5.74) is 2.19. The first-order valence-electron chi connectivity index (χ1n) is 3.49. The summed E-state index contributed by atoms with van der Waals surface area (Å²) in [6, 6.07) is 0. The molecule has 7 nitrogen and oxygen atoms in total. The zero-order valence-electron chi connectivity index (χ0n) is 6.74. The Bertz CT molecular complexity index is 173. The summed E-state index contributed by atoms with van der Waals surface area (Å²) in [7, 11) is 0. The topological polar surface area (TPSA) is 144 Å². The first-order chi connectivity index (χ1) is 5.86. The minimum absolute atomic E-state index is 0.176. The molecule has 0 rings (SSSR count). The van der Waals surface area contributed by atoms with Gasteiger partial charge in [-0.2, -0.15) is 0 Å². The number of rotatable bonds is 5. The average molecular weight is 195 g/mol. The van der Waals surface area contributed by atoms with E-state index in [1.165, 1.54) is 0 Å². The summed E-state index contributed by atoms with van der Waals surface area (Å²) in [6.45, 7) is -0.826. The van der Waals surface area contributed by atoms with Crippen molar-refractivity contribution in [3.63, 3.8) is 0 Å². The van der Waals surface area contributed by atoms with E-state index in [1.54, 1.807) is 0 Å². The number of nitrogens with two attached hydrogens (primary N) is 1. The summed E-state index contributed by atoms with van der Waals surface area (Å²) in [5.74, 6) is 0. The van der Waals surface area contributed by atoms with Gasteiger partial charge in [0.25, 0.3) is 0 Å². The molecule has 0 aromatic carbocycles. The zero-order chi connectivity index (χ0) is 10.6. The maximum absolute atomic E-state index is 10.1. The first-order valence-corrected chi connectivity index (χ1v) is 3.49. The zero-order valence-corrected chi connectivity index (χ0v) is 6.74. The summed E-state index contributed by atoms with van der Waals surface area (Å²) in [5, 5.41) is 44.1. The van der Waals surface area contributed by atoms with Crippen molar-refractivity contribution in [3.05, 3.63) is 0 Å². The fourth-order valence-electron chi connectivity index (χ4n) is 0.662. The molecule has 0 aromatic rings. The predicted molar refractivity (Wildman–Crippen MR) is 40.3 cm³/mol. The Labute approximate surface area is 74.0 Å². The summed E-state index contributed by atoms with van der Waals surface area (Å²) in [6.07, 6.45) is -5.81. The van der Waals surface area contributed by atoms with E-state index in [4.69, 9.17) is 31.3 Å². The molecule has 0 amide bonds. The van der Waals surface area contributed by atoms with Gasteiger partial charge in [-0.3, -0.25) is 10.5 Å². The second-order valence-corrected chi connectivity index (χ2v) is 2.69. The van der Waals surface area contributed by atoms with E-state index in [9.17, 15) is 4.79 Å². The van der Waals surface area contributed by atoms with E-state index in [2.05, 4.69) is 0 Å². The number of carbonyl (C=O) groups is 1. The smallest absolute Gasteiger partial charge is 0.199 e. The Kier molecular flexibility index (Phi) is 4.40. The number of hydrogen-bond acceptors (Lipinski definition) is 7. The Morgan fingerprint density at radius 3 is 2.15 bits per heavy atom. The van der Waals surface area contributed by atoms with E-state index in [-0.39, 0.29) is 6.29 Å². The molecular weight excluding hydrogens is 182 g/mol. The van der Waals surface area contributed by atoms with Gasteiger partial charge in [-0.05, 0) is 0 Å². The lowest BCUT2D eigenvalue weighted by molar-refractivity contribution is -0.163. The van der Waals surface area contributed by atoms with Gasteiger partial charge in [0, 0.05) is 0 Å². The summed E-state index contributed by atoms with van der Waals surface area (Å²) < 4.78 is 0. The van der Waals surface area contributed by atoms with Crippen LogP contribution in [0.5, 0.6) is 0 Å². The van der Waals surface area contributed by atoms with Crippen molar-refractivity contribution < 1.29 is 30.3 Å². The van der Waals surface area contributed by atoms with Gasteiger partial charge in [0.2, 0.25) is 0 Å². The molecule has 0 bridgehead atoms. The van der Waals surface area contributed by atoms with Crippen LogP contribution in [0.4, 0.5) is 0 Å². The van der Waals surface area contributed by atoms with Crippen molar-refractivity contribution in [1.82, 2.24) is 0 Å². The van der Waals surface area contributed by atoms with Crippen molar-refractivity contribution in [1.29, 1.82) is 0 Å². The number of aliphatic hydroxyl groups excluding tert-OH is 4. The van der Waals surface area contributed by atoms with Gasteiger partial charge >= 0.3 is 0 Å². The van der Waals surface area contributed by atoms with E-state index in [1.807, 2.05) is 0 Å². The van der Waals surface area contributed by atoms with E-state index >= 15 is 0 Å².